The van der Waals surface area contributed by atoms with Crippen LogP contribution in [0.1, 0.15) is 11.8 Å². The van der Waals surface area contributed by atoms with Crippen LogP contribution in [0.4, 0.5) is 11.8 Å². The van der Waals surface area contributed by atoms with E-state index in [1.54, 1.807) is 14.2 Å². The van der Waals surface area contributed by atoms with Gasteiger partial charge in [-0.1, -0.05) is 6.07 Å². The van der Waals surface area contributed by atoms with E-state index in [0.717, 1.165) is 5.56 Å². The summed E-state index contributed by atoms with van der Waals surface area (Å²) in [5.74, 6) is 1.75. The lowest BCUT2D eigenvalue weighted by Gasteiger charge is -2.16. The second kappa shape index (κ2) is 9.12. The maximum atomic E-state index is 10.3. The highest BCUT2D eigenvalue weighted by Gasteiger charge is 2.44. The molecule has 172 valence electrons. The molecule has 1 unspecified atom stereocenters. The lowest BCUT2D eigenvalue weighted by molar-refractivity contribution is -0.0511. The third-order valence-corrected chi connectivity index (χ3v) is 5.38. The van der Waals surface area contributed by atoms with Crippen molar-refractivity contribution >= 4 is 22.9 Å². The van der Waals surface area contributed by atoms with Gasteiger partial charge in [-0.3, -0.25) is 4.57 Å². The molecule has 6 N–H and O–H groups in total. The Balaban J connectivity index is 1.53. The molecule has 1 fully saturated rings. The van der Waals surface area contributed by atoms with Gasteiger partial charge in [0.15, 0.2) is 34.7 Å². The van der Waals surface area contributed by atoms with Crippen LogP contribution < -0.4 is 20.5 Å². The molecule has 4 rings (SSSR count). The van der Waals surface area contributed by atoms with Crippen molar-refractivity contribution in [1.29, 1.82) is 0 Å². The van der Waals surface area contributed by atoms with E-state index < -0.39 is 31.1 Å². The first kappa shape index (κ1) is 22.0. The topological polar surface area (TPSA) is 170 Å². The number of aliphatic hydroxyl groups excluding tert-OH is 3. The van der Waals surface area contributed by atoms with Crippen LogP contribution in [-0.2, 0) is 11.2 Å². The lowest BCUT2D eigenvalue weighted by Crippen LogP contribution is -2.33. The van der Waals surface area contributed by atoms with E-state index in [2.05, 4.69) is 20.3 Å². The molecule has 0 bridgehead atoms. The minimum atomic E-state index is -1.26. The van der Waals surface area contributed by atoms with E-state index in [1.807, 2.05) is 18.2 Å². The molecule has 0 saturated carbocycles. The molecular weight excluding hydrogens is 420 g/mol. The number of methoxy groups -OCH3 is 2. The Labute approximate surface area is 183 Å². The van der Waals surface area contributed by atoms with Crippen LogP contribution in [0.15, 0.2) is 24.5 Å². The smallest absolute Gasteiger partial charge is 0.224 e. The summed E-state index contributed by atoms with van der Waals surface area (Å²) in [5, 5.41) is 32.9. The molecule has 32 heavy (non-hydrogen) atoms. The normalized spacial score (nSPS) is 22.9. The van der Waals surface area contributed by atoms with Gasteiger partial charge in [0, 0.05) is 6.54 Å². The van der Waals surface area contributed by atoms with Crippen LogP contribution in [0.5, 0.6) is 11.5 Å². The molecule has 3 heterocycles. The Bertz CT molecular complexity index is 1090. The predicted octanol–water partition coefficient (Wildman–Crippen LogP) is -0.308. The Morgan fingerprint density at radius 2 is 1.94 bits per heavy atom. The van der Waals surface area contributed by atoms with Crippen molar-refractivity contribution in [3.05, 3.63) is 30.1 Å². The van der Waals surface area contributed by atoms with Crippen LogP contribution in [-0.4, -0.2) is 80.5 Å². The van der Waals surface area contributed by atoms with E-state index in [0.29, 0.717) is 41.4 Å². The number of rotatable bonds is 8. The van der Waals surface area contributed by atoms with Crippen LogP contribution >= 0.6 is 0 Å². The number of nitrogens with one attached hydrogen (secondary N) is 1. The molecule has 12 nitrogen and oxygen atoms in total. The van der Waals surface area contributed by atoms with Gasteiger partial charge in [-0.15, -0.1) is 0 Å². The van der Waals surface area contributed by atoms with E-state index in [-0.39, 0.29) is 5.95 Å². The number of aliphatic hydroxyl groups is 3. The number of anilines is 2. The molecular formula is C20H26N6O6. The molecule has 1 aromatic carbocycles. The first-order valence-electron chi connectivity index (χ1n) is 10.0. The molecule has 1 aliphatic heterocycles. The van der Waals surface area contributed by atoms with Crippen molar-refractivity contribution in [2.45, 2.75) is 31.0 Å². The molecule has 1 aliphatic rings. The van der Waals surface area contributed by atoms with Gasteiger partial charge in [-0.2, -0.15) is 9.97 Å². The van der Waals surface area contributed by atoms with Crippen molar-refractivity contribution in [3.63, 3.8) is 0 Å². The number of benzene rings is 1. The molecule has 4 atom stereocenters. The summed E-state index contributed by atoms with van der Waals surface area (Å²) in [7, 11) is 3.17. The van der Waals surface area contributed by atoms with Gasteiger partial charge in [-0.25, -0.2) is 4.98 Å². The molecule has 3 aromatic rings. The maximum absolute atomic E-state index is 10.3. The number of aromatic nitrogens is 4. The Kier molecular flexibility index (Phi) is 6.28. The number of nitrogens with two attached hydrogens (primary N) is 1. The van der Waals surface area contributed by atoms with Crippen molar-refractivity contribution in [3.8, 4) is 11.5 Å². The fourth-order valence-electron chi connectivity index (χ4n) is 3.71. The van der Waals surface area contributed by atoms with E-state index >= 15 is 0 Å². The highest BCUT2D eigenvalue weighted by Crippen LogP contribution is 2.32. The number of ether oxygens (including phenoxy) is 3. The Hall–Kier alpha value is -3.19. The first-order chi connectivity index (χ1) is 15.5. The average Bonchev–Trinajstić information content (AvgIpc) is 3.34. The van der Waals surface area contributed by atoms with Gasteiger partial charge in [0.1, 0.15) is 18.3 Å². The van der Waals surface area contributed by atoms with Gasteiger partial charge in [0.2, 0.25) is 5.95 Å². The SMILES string of the molecule is COc1ccc(CCNc2nc(N)nc3c2ncn3C2O[C@H](CO)[C@@H](O)[C@H]2O)cc1OC. The standard InChI is InChI=1S/C20H26N6O6/c1-30-11-4-3-10(7-12(11)31-2)5-6-22-17-14-18(25-20(21)24-17)26(9-23-14)19-16(29)15(28)13(8-27)32-19/h3-4,7,9,13,15-16,19,27-29H,5-6,8H2,1-2H3,(H3,21,22,24,25)/t13-,15-,16-,19?/m1/s1. The van der Waals surface area contributed by atoms with Gasteiger partial charge in [0.05, 0.1) is 27.2 Å². The fourth-order valence-corrected chi connectivity index (χ4v) is 3.71. The van der Waals surface area contributed by atoms with E-state index in [1.165, 1.54) is 10.9 Å². The summed E-state index contributed by atoms with van der Waals surface area (Å²) in [4.78, 5) is 12.8. The number of hydrogen-bond donors (Lipinski definition) is 5. The quantitative estimate of drug-likeness (QED) is 0.307. The maximum Gasteiger partial charge on any atom is 0.224 e. The van der Waals surface area contributed by atoms with Crippen molar-refractivity contribution < 1.29 is 29.5 Å². The molecule has 1 saturated heterocycles. The van der Waals surface area contributed by atoms with E-state index in [4.69, 9.17) is 19.9 Å². The zero-order chi connectivity index (χ0) is 22.8. The summed E-state index contributed by atoms with van der Waals surface area (Å²) in [6, 6.07) is 5.70. The molecule has 0 radical (unpaired) electrons. The summed E-state index contributed by atoms with van der Waals surface area (Å²) >= 11 is 0. The third kappa shape index (κ3) is 4.00. The molecule has 0 spiro atoms. The molecule has 0 aliphatic carbocycles. The Morgan fingerprint density at radius 3 is 2.62 bits per heavy atom. The minimum absolute atomic E-state index is 0.0135. The monoisotopic (exact) mass is 446 g/mol. The van der Waals surface area contributed by atoms with Crippen molar-refractivity contribution in [2.75, 3.05) is 38.4 Å². The van der Waals surface area contributed by atoms with Crippen molar-refractivity contribution in [2.24, 2.45) is 0 Å². The second-order valence-electron chi connectivity index (χ2n) is 7.35. The second-order valence-corrected chi connectivity index (χ2v) is 7.35. The summed E-state index contributed by atoms with van der Waals surface area (Å²) < 4.78 is 17.6. The lowest BCUT2D eigenvalue weighted by atomic mass is 10.1. The highest BCUT2D eigenvalue weighted by molar-refractivity contribution is 5.84. The number of nitrogens with zero attached hydrogens (tertiary/aromatic N) is 4. The number of imidazole rings is 1. The zero-order valence-corrected chi connectivity index (χ0v) is 17.7. The van der Waals surface area contributed by atoms with Crippen LogP contribution in [0, 0.1) is 0 Å². The van der Waals surface area contributed by atoms with E-state index in [9.17, 15) is 15.3 Å². The highest BCUT2D eigenvalue weighted by atomic mass is 16.6. The fraction of sp³-hybridized carbons (Fsp3) is 0.450. The summed E-state index contributed by atoms with van der Waals surface area (Å²) in [5.41, 5.74) is 7.69. The minimum Gasteiger partial charge on any atom is -0.493 e. The first-order valence-corrected chi connectivity index (χ1v) is 10.0. The molecule has 2 aromatic heterocycles. The number of nitrogen functional groups attached to an aromatic ring is 1. The third-order valence-electron chi connectivity index (χ3n) is 5.38. The van der Waals surface area contributed by atoms with Gasteiger partial charge in [-0.05, 0) is 24.1 Å². The van der Waals surface area contributed by atoms with Gasteiger partial charge < -0.3 is 40.6 Å². The van der Waals surface area contributed by atoms with Crippen LogP contribution in [0.25, 0.3) is 11.2 Å². The van der Waals surface area contributed by atoms with Crippen molar-refractivity contribution in [1.82, 2.24) is 19.5 Å². The zero-order valence-electron chi connectivity index (χ0n) is 17.7. The Morgan fingerprint density at radius 1 is 1.16 bits per heavy atom. The van der Waals surface area contributed by atoms with Gasteiger partial charge in [0.25, 0.3) is 0 Å². The largest absolute Gasteiger partial charge is 0.493 e. The van der Waals surface area contributed by atoms with Gasteiger partial charge >= 0.3 is 0 Å². The predicted molar refractivity (Wildman–Crippen MR) is 114 cm³/mol. The summed E-state index contributed by atoms with van der Waals surface area (Å²) in [6.07, 6.45) is -2.28. The van der Waals surface area contributed by atoms with Crippen LogP contribution in [0.2, 0.25) is 0 Å². The summed E-state index contributed by atoms with van der Waals surface area (Å²) in [6.45, 7) is 0.100. The van der Waals surface area contributed by atoms with Crippen LogP contribution in [0.3, 0.4) is 0 Å². The molecule has 12 heteroatoms. The average molecular weight is 446 g/mol. The molecule has 0 amide bonds. The number of hydrogen-bond acceptors (Lipinski definition) is 11. The number of fused-ring (bicyclic) bond motifs is 1.